The summed E-state index contributed by atoms with van der Waals surface area (Å²) in [6, 6.07) is 6.67. The summed E-state index contributed by atoms with van der Waals surface area (Å²) >= 11 is 0. The van der Waals surface area contributed by atoms with Gasteiger partial charge in [0.25, 0.3) is 0 Å². The van der Waals surface area contributed by atoms with Crippen LogP contribution in [0.2, 0.25) is 0 Å². The second kappa shape index (κ2) is 8.39. The molecule has 0 bridgehead atoms. The minimum absolute atomic E-state index is 0.0718. The van der Waals surface area contributed by atoms with Crippen LogP contribution < -0.4 is 4.72 Å². The van der Waals surface area contributed by atoms with Crippen LogP contribution in [0, 0.1) is 6.92 Å². The van der Waals surface area contributed by atoms with Crippen molar-refractivity contribution in [3.8, 4) is 0 Å². The van der Waals surface area contributed by atoms with Crippen molar-refractivity contribution in [1.82, 2.24) is 4.72 Å². The van der Waals surface area contributed by atoms with Crippen molar-refractivity contribution in [3.63, 3.8) is 0 Å². The second-order valence-corrected chi connectivity index (χ2v) is 6.94. The van der Waals surface area contributed by atoms with Gasteiger partial charge in [-0.1, -0.05) is 50.3 Å². The van der Waals surface area contributed by atoms with Crippen LogP contribution >= 0.6 is 0 Å². The summed E-state index contributed by atoms with van der Waals surface area (Å²) in [4.78, 5) is 0.237. The molecular formula is C15H25NO3S. The smallest absolute Gasteiger partial charge is 0.240 e. The highest BCUT2D eigenvalue weighted by molar-refractivity contribution is 7.89. The summed E-state index contributed by atoms with van der Waals surface area (Å²) in [6.45, 7) is 4.11. The van der Waals surface area contributed by atoms with Gasteiger partial charge in [0.2, 0.25) is 10.0 Å². The normalized spacial score (nSPS) is 13.3. The number of nitrogens with one attached hydrogen (secondary N) is 1. The average Bonchev–Trinajstić information content (AvgIpc) is 2.42. The zero-order valence-corrected chi connectivity index (χ0v) is 13.1. The van der Waals surface area contributed by atoms with Crippen LogP contribution in [0.15, 0.2) is 29.2 Å². The standard InChI is InChI=1S/C15H25NO3S/c1-3-4-5-6-7-14(17)12-16-20(18,19)15-10-8-13(2)9-11-15/h8-11,14,16-17H,3-7,12H2,1-2H3/t14-/m1/s1. The lowest BCUT2D eigenvalue weighted by Crippen LogP contribution is -2.32. The summed E-state index contributed by atoms with van der Waals surface area (Å²) in [5.41, 5.74) is 1.01. The molecule has 0 fully saturated rings. The predicted octanol–water partition coefficient (Wildman–Crippen LogP) is 2.60. The maximum Gasteiger partial charge on any atom is 0.240 e. The van der Waals surface area contributed by atoms with Gasteiger partial charge in [-0.25, -0.2) is 13.1 Å². The molecule has 0 radical (unpaired) electrons. The van der Waals surface area contributed by atoms with Crippen LogP contribution in [0.25, 0.3) is 0 Å². The fraction of sp³-hybridized carbons (Fsp3) is 0.600. The highest BCUT2D eigenvalue weighted by Gasteiger charge is 2.15. The van der Waals surface area contributed by atoms with Crippen LogP contribution in [0.5, 0.6) is 0 Å². The van der Waals surface area contributed by atoms with E-state index >= 15 is 0 Å². The Morgan fingerprint density at radius 2 is 1.80 bits per heavy atom. The van der Waals surface area contributed by atoms with E-state index in [-0.39, 0.29) is 11.4 Å². The van der Waals surface area contributed by atoms with E-state index in [9.17, 15) is 13.5 Å². The third-order valence-electron chi connectivity index (χ3n) is 3.23. The van der Waals surface area contributed by atoms with Crippen molar-refractivity contribution in [1.29, 1.82) is 0 Å². The molecule has 114 valence electrons. The van der Waals surface area contributed by atoms with E-state index in [1.807, 2.05) is 6.92 Å². The molecule has 1 rings (SSSR count). The molecule has 1 aromatic rings. The van der Waals surface area contributed by atoms with Crippen molar-refractivity contribution in [2.45, 2.75) is 57.0 Å². The first kappa shape index (κ1) is 17.1. The van der Waals surface area contributed by atoms with Crippen LogP contribution in [-0.2, 0) is 10.0 Å². The van der Waals surface area contributed by atoms with Gasteiger partial charge in [-0.2, -0.15) is 0 Å². The number of aliphatic hydroxyl groups excluding tert-OH is 1. The van der Waals surface area contributed by atoms with E-state index in [0.29, 0.717) is 6.42 Å². The number of hydrogen-bond donors (Lipinski definition) is 2. The molecule has 4 nitrogen and oxygen atoms in total. The fourth-order valence-electron chi connectivity index (χ4n) is 1.92. The maximum absolute atomic E-state index is 12.0. The molecule has 0 saturated carbocycles. The summed E-state index contributed by atoms with van der Waals surface area (Å²) < 4.78 is 26.5. The van der Waals surface area contributed by atoms with Crippen LogP contribution in [-0.4, -0.2) is 26.2 Å². The third kappa shape index (κ3) is 6.03. The summed E-state index contributed by atoms with van der Waals surface area (Å²) in [6.07, 6.45) is 4.33. The van der Waals surface area contributed by atoms with Gasteiger partial charge >= 0.3 is 0 Å². The Hall–Kier alpha value is -0.910. The van der Waals surface area contributed by atoms with Gasteiger partial charge in [0, 0.05) is 6.54 Å². The minimum atomic E-state index is -3.52. The number of hydrogen-bond acceptors (Lipinski definition) is 3. The van der Waals surface area contributed by atoms with E-state index in [1.165, 1.54) is 0 Å². The first-order valence-electron chi connectivity index (χ1n) is 7.20. The quantitative estimate of drug-likeness (QED) is 0.689. The highest BCUT2D eigenvalue weighted by Crippen LogP contribution is 2.10. The molecule has 0 spiro atoms. The van der Waals surface area contributed by atoms with E-state index in [2.05, 4.69) is 11.6 Å². The van der Waals surface area contributed by atoms with Gasteiger partial charge in [0.1, 0.15) is 0 Å². The largest absolute Gasteiger partial charge is 0.392 e. The van der Waals surface area contributed by atoms with Crippen molar-refractivity contribution < 1.29 is 13.5 Å². The SMILES string of the molecule is CCCCCC[C@@H](O)CNS(=O)(=O)c1ccc(C)cc1. The first-order chi connectivity index (χ1) is 9.45. The number of benzene rings is 1. The second-order valence-electron chi connectivity index (χ2n) is 5.17. The average molecular weight is 299 g/mol. The minimum Gasteiger partial charge on any atom is -0.392 e. The van der Waals surface area contributed by atoms with E-state index < -0.39 is 16.1 Å². The van der Waals surface area contributed by atoms with Crippen molar-refractivity contribution in [2.75, 3.05) is 6.54 Å². The molecule has 1 atom stereocenters. The van der Waals surface area contributed by atoms with Crippen molar-refractivity contribution in [3.05, 3.63) is 29.8 Å². The van der Waals surface area contributed by atoms with Gasteiger partial charge in [-0.15, -0.1) is 0 Å². The molecule has 5 heteroatoms. The predicted molar refractivity (Wildman–Crippen MR) is 81.1 cm³/mol. The molecule has 0 saturated heterocycles. The van der Waals surface area contributed by atoms with Crippen LogP contribution in [0.1, 0.15) is 44.6 Å². The molecule has 0 aliphatic heterocycles. The van der Waals surface area contributed by atoms with Gasteiger partial charge in [-0.05, 0) is 25.5 Å². The molecule has 0 aromatic heterocycles. The first-order valence-corrected chi connectivity index (χ1v) is 8.68. The molecule has 20 heavy (non-hydrogen) atoms. The van der Waals surface area contributed by atoms with Gasteiger partial charge in [-0.3, -0.25) is 0 Å². The third-order valence-corrected chi connectivity index (χ3v) is 4.67. The fourth-order valence-corrected chi connectivity index (χ4v) is 2.99. The van der Waals surface area contributed by atoms with Crippen molar-refractivity contribution >= 4 is 10.0 Å². The number of sulfonamides is 1. The van der Waals surface area contributed by atoms with E-state index in [1.54, 1.807) is 24.3 Å². The molecule has 1 aromatic carbocycles. The van der Waals surface area contributed by atoms with E-state index in [4.69, 9.17) is 0 Å². The van der Waals surface area contributed by atoms with Crippen LogP contribution in [0.3, 0.4) is 0 Å². The Balaban J connectivity index is 2.41. The molecule has 2 N–H and O–H groups in total. The zero-order chi connectivity index (χ0) is 15.0. The topological polar surface area (TPSA) is 66.4 Å². The Morgan fingerprint density at radius 1 is 1.15 bits per heavy atom. The zero-order valence-electron chi connectivity index (χ0n) is 12.3. The molecule has 0 heterocycles. The molecule has 0 aliphatic carbocycles. The summed E-state index contributed by atoms with van der Waals surface area (Å²) in [7, 11) is -3.52. The lowest BCUT2D eigenvalue weighted by molar-refractivity contribution is 0.164. The Morgan fingerprint density at radius 3 is 2.40 bits per heavy atom. The van der Waals surface area contributed by atoms with Crippen LogP contribution in [0.4, 0.5) is 0 Å². The molecule has 0 unspecified atom stereocenters. The number of unbranched alkanes of at least 4 members (excludes halogenated alkanes) is 3. The van der Waals surface area contributed by atoms with Gasteiger partial charge < -0.3 is 5.11 Å². The number of aryl methyl sites for hydroxylation is 1. The molecule has 0 amide bonds. The Labute approximate surface area is 122 Å². The van der Waals surface area contributed by atoms with Gasteiger partial charge in [0.05, 0.1) is 11.0 Å². The van der Waals surface area contributed by atoms with Gasteiger partial charge in [0.15, 0.2) is 0 Å². The van der Waals surface area contributed by atoms with Crippen molar-refractivity contribution in [2.24, 2.45) is 0 Å². The number of rotatable bonds is 9. The lowest BCUT2D eigenvalue weighted by Gasteiger charge is -2.12. The molecule has 0 aliphatic rings. The Kier molecular flexibility index (Phi) is 7.19. The Bertz CT molecular complexity index is 482. The molecular weight excluding hydrogens is 274 g/mol. The maximum atomic E-state index is 12.0. The number of aliphatic hydroxyl groups is 1. The summed E-state index contributed by atoms with van der Waals surface area (Å²) in [5, 5.41) is 9.78. The monoisotopic (exact) mass is 299 g/mol. The van der Waals surface area contributed by atoms with E-state index in [0.717, 1.165) is 31.2 Å². The highest BCUT2D eigenvalue weighted by atomic mass is 32.2. The summed E-state index contributed by atoms with van der Waals surface area (Å²) in [5.74, 6) is 0. The lowest BCUT2D eigenvalue weighted by atomic mass is 10.1.